The van der Waals surface area contributed by atoms with Crippen LogP contribution in [-0.4, -0.2) is 48.5 Å². The summed E-state index contributed by atoms with van der Waals surface area (Å²) >= 11 is 2.73. The van der Waals surface area contributed by atoms with Crippen molar-refractivity contribution in [2.45, 2.75) is 24.9 Å². The molecule has 172 valence electrons. The molecule has 8 heteroatoms. The quantitative estimate of drug-likeness (QED) is 0.242. The molecule has 2 aromatic heterocycles. The minimum atomic E-state index is -1.75. The average Bonchev–Trinajstić information content (AvgIpc) is 3.58. The SMILES string of the molecule is O=C(OC[N+]1(CCCOc2ccccc2)CCCC1)C(O)(c1cccs1)c1cccs1.[Br-]. The topological polar surface area (TPSA) is 55.8 Å². The first-order valence-corrected chi connectivity index (χ1v) is 12.4. The van der Waals surface area contributed by atoms with Crippen LogP contribution in [0.4, 0.5) is 0 Å². The van der Waals surface area contributed by atoms with Crippen LogP contribution in [0.15, 0.2) is 65.4 Å². The molecule has 3 aromatic rings. The summed E-state index contributed by atoms with van der Waals surface area (Å²) in [7, 11) is 0. The van der Waals surface area contributed by atoms with Gasteiger partial charge in [0.25, 0.3) is 0 Å². The summed E-state index contributed by atoms with van der Waals surface area (Å²) in [5.41, 5.74) is -1.75. The van der Waals surface area contributed by atoms with E-state index in [0.29, 0.717) is 16.4 Å². The van der Waals surface area contributed by atoms with E-state index in [4.69, 9.17) is 9.47 Å². The number of hydrogen-bond donors (Lipinski definition) is 1. The summed E-state index contributed by atoms with van der Waals surface area (Å²) < 4.78 is 12.4. The molecule has 32 heavy (non-hydrogen) atoms. The van der Waals surface area contributed by atoms with Gasteiger partial charge < -0.3 is 31.6 Å². The van der Waals surface area contributed by atoms with Crippen LogP contribution < -0.4 is 21.7 Å². The van der Waals surface area contributed by atoms with Gasteiger partial charge in [-0.15, -0.1) is 22.7 Å². The number of carbonyl (C=O) groups is 1. The second-order valence-electron chi connectivity index (χ2n) is 7.96. The number of benzene rings is 1. The van der Waals surface area contributed by atoms with Crippen LogP contribution in [0.3, 0.4) is 0 Å². The fourth-order valence-corrected chi connectivity index (χ4v) is 5.84. The Kier molecular flexibility index (Phi) is 8.90. The highest BCUT2D eigenvalue weighted by Crippen LogP contribution is 2.37. The molecule has 0 amide bonds. The van der Waals surface area contributed by atoms with Gasteiger partial charge in [-0.2, -0.15) is 0 Å². The second-order valence-corrected chi connectivity index (χ2v) is 9.86. The summed E-state index contributed by atoms with van der Waals surface area (Å²) in [4.78, 5) is 14.4. The number of para-hydroxylation sites is 1. The molecule has 0 saturated carbocycles. The molecule has 0 spiro atoms. The van der Waals surface area contributed by atoms with Crippen molar-refractivity contribution >= 4 is 28.6 Å². The predicted molar refractivity (Wildman–Crippen MR) is 123 cm³/mol. The Morgan fingerprint density at radius 1 is 0.969 bits per heavy atom. The number of halogens is 1. The standard InChI is InChI=1S/C24H28NO4S2.BrH/c26-23(24(27,21-11-6-17-30-21)22-12-7-18-31-22)29-19-25(13-4-5-14-25)15-8-16-28-20-9-2-1-3-10-20;/h1-3,6-7,9-12,17-18,27H,4-5,8,13-16,19H2;1H/q+1;/p-1. The Morgan fingerprint density at radius 2 is 1.59 bits per heavy atom. The zero-order valence-electron chi connectivity index (χ0n) is 17.8. The molecule has 5 nitrogen and oxygen atoms in total. The third kappa shape index (κ3) is 5.61. The zero-order chi connectivity index (χ0) is 21.6. The van der Waals surface area contributed by atoms with Crippen LogP contribution in [0.1, 0.15) is 29.0 Å². The van der Waals surface area contributed by atoms with Gasteiger partial charge in [-0.1, -0.05) is 30.3 Å². The number of aliphatic hydroxyl groups is 1. The number of likely N-dealkylation sites (tertiary alicyclic amines) is 1. The van der Waals surface area contributed by atoms with Crippen molar-refractivity contribution in [1.82, 2.24) is 0 Å². The van der Waals surface area contributed by atoms with Crippen LogP contribution >= 0.6 is 22.7 Å². The molecule has 1 saturated heterocycles. The number of carbonyl (C=O) groups excluding carboxylic acids is 1. The Balaban J connectivity index is 0.00000289. The molecule has 1 N–H and O–H groups in total. The van der Waals surface area contributed by atoms with Crippen molar-refractivity contribution in [2.75, 3.05) is 33.0 Å². The maximum absolute atomic E-state index is 13.2. The van der Waals surface area contributed by atoms with Crippen LogP contribution in [0, 0.1) is 0 Å². The van der Waals surface area contributed by atoms with E-state index in [2.05, 4.69) is 0 Å². The molecule has 1 aliphatic heterocycles. The summed E-state index contributed by atoms with van der Waals surface area (Å²) in [5.74, 6) is 0.279. The van der Waals surface area contributed by atoms with E-state index in [0.717, 1.165) is 49.1 Å². The Bertz CT molecular complexity index is 908. The normalized spacial score (nSPS) is 15.2. The molecular formula is C24H28BrNO4S2. The van der Waals surface area contributed by atoms with Crippen molar-refractivity contribution in [1.29, 1.82) is 0 Å². The van der Waals surface area contributed by atoms with E-state index >= 15 is 0 Å². The molecule has 4 rings (SSSR count). The smallest absolute Gasteiger partial charge is 0.353 e. The molecule has 1 aliphatic rings. The minimum Gasteiger partial charge on any atom is -1.00 e. The van der Waals surface area contributed by atoms with Crippen molar-refractivity contribution in [3.63, 3.8) is 0 Å². The maximum Gasteiger partial charge on any atom is 0.353 e. The van der Waals surface area contributed by atoms with Gasteiger partial charge in [-0.05, 0) is 35.0 Å². The Morgan fingerprint density at radius 3 is 2.16 bits per heavy atom. The molecule has 0 radical (unpaired) electrons. The molecule has 1 fully saturated rings. The fourth-order valence-electron chi connectivity index (χ4n) is 4.12. The number of rotatable bonds is 10. The lowest BCUT2D eigenvalue weighted by atomic mass is 10.0. The highest BCUT2D eigenvalue weighted by Gasteiger charge is 2.45. The van der Waals surface area contributed by atoms with E-state index in [1.807, 2.05) is 53.2 Å². The Hall–Kier alpha value is -1.71. The number of thiophene rings is 2. The molecule has 1 aromatic carbocycles. The van der Waals surface area contributed by atoms with Crippen LogP contribution in [0.2, 0.25) is 0 Å². The van der Waals surface area contributed by atoms with Crippen LogP contribution in [-0.2, 0) is 15.1 Å². The third-order valence-corrected chi connectivity index (χ3v) is 7.78. The lowest BCUT2D eigenvalue weighted by Gasteiger charge is -2.34. The fraction of sp³-hybridized carbons (Fsp3) is 0.375. The zero-order valence-corrected chi connectivity index (χ0v) is 21.0. The summed E-state index contributed by atoms with van der Waals surface area (Å²) in [6.07, 6.45) is 3.13. The monoisotopic (exact) mass is 537 g/mol. The minimum absolute atomic E-state index is 0. The molecule has 0 atom stereocenters. The summed E-state index contributed by atoms with van der Waals surface area (Å²) in [5, 5.41) is 15.1. The van der Waals surface area contributed by atoms with Crippen molar-refractivity contribution in [3.8, 4) is 5.75 Å². The van der Waals surface area contributed by atoms with Gasteiger partial charge in [0.15, 0.2) is 0 Å². The summed E-state index contributed by atoms with van der Waals surface area (Å²) in [6, 6.07) is 17.1. The van der Waals surface area contributed by atoms with Crippen molar-refractivity contribution in [3.05, 3.63) is 75.1 Å². The largest absolute Gasteiger partial charge is 1.00 e. The van der Waals surface area contributed by atoms with E-state index in [-0.39, 0.29) is 23.7 Å². The molecular weight excluding hydrogens is 510 g/mol. The number of ether oxygens (including phenoxy) is 2. The van der Waals surface area contributed by atoms with E-state index in [1.165, 1.54) is 22.7 Å². The lowest BCUT2D eigenvalue weighted by molar-refractivity contribution is -0.932. The molecule has 0 unspecified atom stereocenters. The number of esters is 1. The Labute approximate surface area is 207 Å². The van der Waals surface area contributed by atoms with Crippen LogP contribution in [0.25, 0.3) is 0 Å². The van der Waals surface area contributed by atoms with Gasteiger partial charge in [-0.3, -0.25) is 4.48 Å². The van der Waals surface area contributed by atoms with Gasteiger partial charge in [0.1, 0.15) is 5.75 Å². The molecule has 3 heterocycles. The van der Waals surface area contributed by atoms with Gasteiger partial charge >= 0.3 is 5.97 Å². The summed E-state index contributed by atoms with van der Waals surface area (Å²) in [6.45, 7) is 3.76. The van der Waals surface area contributed by atoms with Gasteiger partial charge in [0.05, 0.1) is 36.0 Å². The van der Waals surface area contributed by atoms with E-state index < -0.39 is 11.6 Å². The molecule has 0 aliphatic carbocycles. The number of hydrogen-bond acceptors (Lipinski definition) is 6. The first-order chi connectivity index (χ1) is 15.1. The average molecular weight is 539 g/mol. The first kappa shape index (κ1) is 24.9. The van der Waals surface area contributed by atoms with Gasteiger partial charge in [-0.25, -0.2) is 4.79 Å². The highest BCUT2D eigenvalue weighted by atomic mass is 79.9. The second kappa shape index (κ2) is 11.4. The highest BCUT2D eigenvalue weighted by molar-refractivity contribution is 7.12. The lowest BCUT2D eigenvalue weighted by Crippen LogP contribution is -3.00. The van der Waals surface area contributed by atoms with Crippen molar-refractivity contribution < 1.29 is 40.8 Å². The number of quaternary nitrogens is 1. The predicted octanol–water partition coefficient (Wildman–Crippen LogP) is 1.63. The van der Waals surface area contributed by atoms with E-state index in [9.17, 15) is 9.90 Å². The third-order valence-electron chi connectivity index (χ3n) is 5.82. The number of nitrogens with zero attached hydrogens (tertiary/aromatic N) is 1. The van der Waals surface area contributed by atoms with Gasteiger partial charge in [0, 0.05) is 19.3 Å². The van der Waals surface area contributed by atoms with Crippen LogP contribution in [0.5, 0.6) is 5.75 Å². The van der Waals surface area contributed by atoms with Gasteiger partial charge in [0.2, 0.25) is 12.3 Å². The van der Waals surface area contributed by atoms with E-state index in [1.54, 1.807) is 12.1 Å². The molecule has 0 bridgehead atoms. The first-order valence-electron chi connectivity index (χ1n) is 10.6. The van der Waals surface area contributed by atoms with Crippen molar-refractivity contribution in [2.24, 2.45) is 0 Å². The maximum atomic E-state index is 13.2.